The topological polar surface area (TPSA) is 98.1 Å². The molecule has 0 spiro atoms. The second-order valence-electron chi connectivity index (χ2n) is 4.44. The lowest BCUT2D eigenvalue weighted by atomic mass is 10.2. The molecule has 0 bridgehead atoms. The third-order valence-electron chi connectivity index (χ3n) is 2.75. The number of halogens is 3. The highest BCUT2D eigenvalue weighted by Crippen LogP contribution is 2.31. The van der Waals surface area contributed by atoms with E-state index in [2.05, 4.69) is 9.82 Å². The number of aromatic nitrogens is 1. The third kappa shape index (κ3) is 4.26. The second kappa shape index (κ2) is 7.04. The number of carbonyl (C=O) groups excluding carboxylic acids is 1. The Hall–Kier alpha value is -3.01. The number of nitrogens with zero attached hydrogens (tertiary/aromatic N) is 2. The van der Waals surface area contributed by atoms with Crippen LogP contribution in [0.25, 0.3) is 0 Å². The molecule has 0 aliphatic carbocycles. The molecule has 0 aliphatic rings. The van der Waals surface area contributed by atoms with E-state index >= 15 is 0 Å². The molecule has 0 aliphatic heterocycles. The molecule has 24 heavy (non-hydrogen) atoms. The van der Waals surface area contributed by atoms with Gasteiger partial charge in [0.25, 0.3) is 0 Å². The molecular weight excluding hydrogens is 333 g/mol. The summed E-state index contributed by atoms with van der Waals surface area (Å²) in [5, 5.41) is 10.9. The summed E-state index contributed by atoms with van der Waals surface area (Å²) in [6.07, 6.45) is -4.85. The Labute approximate surface area is 132 Å². The highest BCUT2D eigenvalue weighted by Gasteiger charge is 2.34. The molecule has 7 nitrogen and oxygen atoms in total. The van der Waals surface area contributed by atoms with E-state index in [1.165, 1.54) is 18.2 Å². The average molecular weight is 342 g/mol. The molecule has 1 heterocycles. The number of pyridine rings is 1. The Morgan fingerprint density at radius 3 is 2.62 bits per heavy atom. The molecule has 0 radical (unpaired) electrons. The van der Waals surface area contributed by atoms with E-state index in [1.54, 1.807) is 6.07 Å². The number of rotatable bonds is 5. The highest BCUT2D eigenvalue weighted by atomic mass is 19.4. The number of alkyl halides is 3. The number of hydrogen-bond acceptors (Lipinski definition) is 7. The maximum absolute atomic E-state index is 12.9. The quantitative estimate of drug-likeness (QED) is 0.662. The van der Waals surface area contributed by atoms with Gasteiger partial charge in [0.05, 0.1) is 12.2 Å². The molecule has 0 saturated heterocycles. The first-order valence-corrected chi connectivity index (χ1v) is 6.34. The zero-order valence-corrected chi connectivity index (χ0v) is 11.8. The Morgan fingerprint density at radius 1 is 1.25 bits per heavy atom. The minimum absolute atomic E-state index is 0.0983. The van der Waals surface area contributed by atoms with Crippen molar-refractivity contribution in [1.82, 2.24) is 4.98 Å². The first-order chi connectivity index (χ1) is 11.3. The van der Waals surface area contributed by atoms with Crippen molar-refractivity contribution in [3.8, 4) is 11.6 Å². The van der Waals surface area contributed by atoms with Crippen LogP contribution in [0.4, 0.5) is 13.2 Å². The Balaban J connectivity index is 2.42. The first-order valence-electron chi connectivity index (χ1n) is 6.34. The summed E-state index contributed by atoms with van der Waals surface area (Å²) in [5.74, 6) is -1.83. The molecule has 2 aromatic rings. The van der Waals surface area contributed by atoms with Crippen molar-refractivity contribution in [1.29, 1.82) is 0 Å². The van der Waals surface area contributed by atoms with Crippen LogP contribution in [0.15, 0.2) is 41.7 Å². The summed E-state index contributed by atoms with van der Waals surface area (Å²) < 4.78 is 43.8. The van der Waals surface area contributed by atoms with Crippen molar-refractivity contribution in [2.24, 2.45) is 5.34 Å². The van der Waals surface area contributed by atoms with Gasteiger partial charge in [0.2, 0.25) is 5.88 Å². The van der Waals surface area contributed by atoms with Gasteiger partial charge >= 0.3 is 12.1 Å². The smallest absolute Gasteiger partial charge is 0.433 e. The monoisotopic (exact) mass is 342 g/mol. The molecular formula is C14H9F3N2O5. The SMILES string of the molecule is O=NOC(=O)c1cc(Oc2cccc(CO)c2)nc(C(F)(F)F)c1. The van der Waals surface area contributed by atoms with Crippen LogP contribution in [0.5, 0.6) is 11.6 Å². The van der Waals surface area contributed by atoms with Gasteiger partial charge in [0, 0.05) is 6.07 Å². The maximum atomic E-state index is 12.9. The van der Waals surface area contributed by atoms with Gasteiger partial charge in [-0.25, -0.2) is 9.78 Å². The van der Waals surface area contributed by atoms with Gasteiger partial charge in [-0.05, 0) is 23.8 Å². The van der Waals surface area contributed by atoms with Gasteiger partial charge in [-0.15, -0.1) is 4.91 Å². The fourth-order valence-electron chi connectivity index (χ4n) is 1.74. The summed E-state index contributed by atoms with van der Waals surface area (Å²) in [4.78, 5) is 28.4. The molecule has 1 N–H and O–H groups in total. The van der Waals surface area contributed by atoms with Crippen molar-refractivity contribution in [3.63, 3.8) is 0 Å². The van der Waals surface area contributed by atoms with E-state index in [-0.39, 0.29) is 12.4 Å². The van der Waals surface area contributed by atoms with Crippen LogP contribution in [-0.2, 0) is 17.6 Å². The number of aliphatic hydroxyl groups is 1. The van der Waals surface area contributed by atoms with Crippen LogP contribution in [0.2, 0.25) is 0 Å². The predicted molar refractivity (Wildman–Crippen MR) is 72.9 cm³/mol. The number of carbonyl (C=O) groups is 1. The normalized spacial score (nSPS) is 11.0. The van der Waals surface area contributed by atoms with Gasteiger partial charge in [-0.2, -0.15) is 13.2 Å². The van der Waals surface area contributed by atoms with Crippen LogP contribution in [-0.4, -0.2) is 16.1 Å². The van der Waals surface area contributed by atoms with Gasteiger partial charge in [0.15, 0.2) is 5.34 Å². The lowest BCUT2D eigenvalue weighted by molar-refractivity contribution is -0.141. The summed E-state index contributed by atoms with van der Waals surface area (Å²) in [6, 6.07) is 7.17. The van der Waals surface area contributed by atoms with Crippen molar-refractivity contribution in [2.75, 3.05) is 0 Å². The van der Waals surface area contributed by atoms with E-state index in [0.717, 1.165) is 6.07 Å². The van der Waals surface area contributed by atoms with E-state index in [1.807, 2.05) is 5.34 Å². The van der Waals surface area contributed by atoms with Crippen LogP contribution >= 0.6 is 0 Å². The van der Waals surface area contributed by atoms with Gasteiger partial charge < -0.3 is 9.84 Å². The Morgan fingerprint density at radius 2 is 2.00 bits per heavy atom. The summed E-state index contributed by atoms with van der Waals surface area (Å²) in [7, 11) is 0. The summed E-state index contributed by atoms with van der Waals surface area (Å²) >= 11 is 0. The van der Waals surface area contributed by atoms with Crippen LogP contribution in [0, 0.1) is 4.91 Å². The molecule has 2 rings (SSSR count). The van der Waals surface area contributed by atoms with Gasteiger partial charge in [-0.1, -0.05) is 12.1 Å². The molecule has 0 amide bonds. The lowest BCUT2D eigenvalue weighted by Crippen LogP contribution is -2.11. The van der Waals surface area contributed by atoms with E-state index in [0.29, 0.717) is 11.6 Å². The van der Waals surface area contributed by atoms with Crippen LogP contribution in [0.3, 0.4) is 0 Å². The van der Waals surface area contributed by atoms with Crippen molar-refractivity contribution in [2.45, 2.75) is 12.8 Å². The first kappa shape index (κ1) is 17.3. The molecule has 1 aromatic heterocycles. The van der Waals surface area contributed by atoms with Crippen LogP contribution in [0.1, 0.15) is 21.6 Å². The van der Waals surface area contributed by atoms with E-state index in [9.17, 15) is 22.9 Å². The maximum Gasteiger partial charge on any atom is 0.433 e. The van der Waals surface area contributed by atoms with E-state index < -0.39 is 29.3 Å². The standard InChI is InChI=1S/C14H9F3N2O5/c15-14(16,17)11-5-9(13(21)24-19-22)6-12(18-11)23-10-3-1-2-8(4-10)7-20/h1-6,20H,7H2. The third-order valence-corrected chi connectivity index (χ3v) is 2.75. The van der Waals surface area contributed by atoms with Crippen LogP contribution < -0.4 is 4.74 Å². The molecule has 0 unspecified atom stereocenters. The van der Waals surface area contributed by atoms with Crippen molar-refractivity contribution in [3.05, 3.63) is 58.1 Å². The summed E-state index contributed by atoms with van der Waals surface area (Å²) in [5.41, 5.74) is -1.55. The number of hydrogen-bond donors (Lipinski definition) is 1. The highest BCUT2D eigenvalue weighted by molar-refractivity contribution is 5.89. The second-order valence-corrected chi connectivity index (χ2v) is 4.44. The number of benzene rings is 1. The Kier molecular flexibility index (Phi) is 5.09. The molecule has 126 valence electrons. The molecule has 1 aromatic carbocycles. The average Bonchev–Trinajstić information content (AvgIpc) is 2.54. The zero-order valence-electron chi connectivity index (χ0n) is 11.8. The lowest BCUT2D eigenvalue weighted by Gasteiger charge is -2.11. The van der Waals surface area contributed by atoms with E-state index in [4.69, 9.17) is 9.84 Å². The largest absolute Gasteiger partial charge is 0.439 e. The molecule has 10 heteroatoms. The molecule has 0 atom stereocenters. The fourth-order valence-corrected chi connectivity index (χ4v) is 1.74. The number of ether oxygens (including phenoxy) is 1. The van der Waals surface area contributed by atoms with Gasteiger partial charge in [-0.3, -0.25) is 4.84 Å². The minimum Gasteiger partial charge on any atom is -0.439 e. The minimum atomic E-state index is -4.85. The Bertz CT molecular complexity index is 764. The fraction of sp³-hybridized carbons (Fsp3) is 0.143. The molecule has 0 saturated carbocycles. The van der Waals surface area contributed by atoms with Crippen molar-refractivity contribution >= 4 is 5.97 Å². The van der Waals surface area contributed by atoms with Crippen molar-refractivity contribution < 1.29 is 32.6 Å². The van der Waals surface area contributed by atoms with Gasteiger partial charge in [0.1, 0.15) is 11.4 Å². The molecule has 0 fully saturated rings. The summed E-state index contributed by atoms with van der Waals surface area (Å²) in [6.45, 7) is -0.296. The zero-order chi connectivity index (χ0) is 17.7. The predicted octanol–water partition coefficient (Wildman–Crippen LogP) is 3.22. The number of aliphatic hydroxyl groups excluding tert-OH is 1.